The summed E-state index contributed by atoms with van der Waals surface area (Å²) >= 11 is 0. The van der Waals surface area contributed by atoms with Gasteiger partial charge in [0.05, 0.1) is 13.7 Å². The van der Waals surface area contributed by atoms with Crippen molar-refractivity contribution in [1.82, 2.24) is 5.32 Å². The molecule has 2 aromatic carbocycles. The van der Waals surface area contributed by atoms with Crippen molar-refractivity contribution in [2.75, 3.05) is 13.7 Å². The minimum absolute atomic E-state index is 0.0923. The molecule has 1 N–H and O–H groups in total. The molecular formula is C27H37NO4. The standard InChI is InChI=1S/C27H37NO4/c1-20(2)12-14-23(28-26(29)32-27(3,4)5)18-22-13-15-24(30-6)25(19-22)31-17-16-21-10-8-7-9-11-21/h7-13,15,19,23H,14,16-18H2,1-6H3,(H,28,29). The van der Waals surface area contributed by atoms with Crippen molar-refractivity contribution in [3.05, 3.63) is 71.3 Å². The van der Waals surface area contributed by atoms with E-state index in [-0.39, 0.29) is 6.04 Å². The molecule has 0 aliphatic heterocycles. The number of allylic oxidation sites excluding steroid dienone is 1. The third-order valence-corrected chi connectivity index (χ3v) is 4.73. The Balaban J connectivity index is 2.09. The number of methoxy groups -OCH3 is 1. The number of rotatable bonds is 10. The highest BCUT2D eigenvalue weighted by Gasteiger charge is 2.20. The van der Waals surface area contributed by atoms with Crippen LogP contribution in [0.2, 0.25) is 0 Å². The molecule has 174 valence electrons. The third-order valence-electron chi connectivity index (χ3n) is 4.73. The van der Waals surface area contributed by atoms with Crippen LogP contribution in [0.3, 0.4) is 0 Å². The molecule has 0 aromatic heterocycles. The van der Waals surface area contributed by atoms with Crippen molar-refractivity contribution in [1.29, 1.82) is 0 Å². The molecule has 1 amide bonds. The number of amides is 1. The van der Waals surface area contributed by atoms with Gasteiger partial charge in [0.15, 0.2) is 11.5 Å². The zero-order valence-corrected chi connectivity index (χ0v) is 20.2. The van der Waals surface area contributed by atoms with Crippen LogP contribution in [0.5, 0.6) is 11.5 Å². The lowest BCUT2D eigenvalue weighted by Gasteiger charge is -2.23. The zero-order chi connectivity index (χ0) is 23.6. The minimum atomic E-state index is -0.537. The predicted molar refractivity (Wildman–Crippen MR) is 130 cm³/mol. The number of nitrogens with one attached hydrogen (secondary N) is 1. The smallest absolute Gasteiger partial charge is 0.407 e. The molecule has 5 heteroatoms. The summed E-state index contributed by atoms with van der Waals surface area (Å²) < 4.78 is 17.0. The van der Waals surface area contributed by atoms with Gasteiger partial charge in [0.25, 0.3) is 0 Å². The predicted octanol–water partition coefficient (Wildman–Crippen LogP) is 6.11. The van der Waals surface area contributed by atoms with E-state index >= 15 is 0 Å². The first-order valence-corrected chi connectivity index (χ1v) is 11.1. The van der Waals surface area contributed by atoms with Crippen molar-refractivity contribution in [3.8, 4) is 11.5 Å². The van der Waals surface area contributed by atoms with Crippen LogP contribution in [0.1, 0.15) is 52.2 Å². The summed E-state index contributed by atoms with van der Waals surface area (Å²) in [5.74, 6) is 1.40. The molecule has 0 aliphatic carbocycles. The maximum atomic E-state index is 12.3. The first kappa shape index (κ1) is 25.3. The summed E-state index contributed by atoms with van der Waals surface area (Å²) in [7, 11) is 1.64. The van der Waals surface area contributed by atoms with Crippen LogP contribution >= 0.6 is 0 Å². The lowest BCUT2D eigenvalue weighted by Crippen LogP contribution is -2.40. The normalized spacial score (nSPS) is 11.9. The first-order chi connectivity index (χ1) is 15.2. The Labute approximate surface area is 192 Å². The molecule has 1 unspecified atom stereocenters. The van der Waals surface area contributed by atoms with E-state index < -0.39 is 11.7 Å². The van der Waals surface area contributed by atoms with Crippen molar-refractivity contribution in [2.45, 2.75) is 65.5 Å². The number of hydrogen-bond acceptors (Lipinski definition) is 4. The van der Waals surface area contributed by atoms with E-state index in [4.69, 9.17) is 14.2 Å². The Bertz CT molecular complexity index is 880. The highest BCUT2D eigenvalue weighted by Crippen LogP contribution is 2.29. The number of benzene rings is 2. The first-order valence-electron chi connectivity index (χ1n) is 11.1. The van der Waals surface area contributed by atoms with Gasteiger partial charge in [-0.3, -0.25) is 0 Å². The van der Waals surface area contributed by atoms with Gasteiger partial charge in [0.1, 0.15) is 5.60 Å². The van der Waals surface area contributed by atoms with Gasteiger partial charge in [-0.15, -0.1) is 0 Å². The van der Waals surface area contributed by atoms with Gasteiger partial charge >= 0.3 is 6.09 Å². The summed E-state index contributed by atoms with van der Waals surface area (Å²) in [6, 6.07) is 16.1. The summed E-state index contributed by atoms with van der Waals surface area (Å²) in [5.41, 5.74) is 2.96. The quantitative estimate of drug-likeness (QED) is 0.454. The van der Waals surface area contributed by atoms with Crippen LogP contribution in [-0.2, 0) is 17.6 Å². The molecular weight excluding hydrogens is 402 g/mol. The topological polar surface area (TPSA) is 56.8 Å². The molecule has 0 aliphatic rings. The summed E-state index contributed by atoms with van der Waals surface area (Å²) in [6.45, 7) is 10.2. The molecule has 2 aromatic rings. The average Bonchev–Trinajstić information content (AvgIpc) is 2.71. The van der Waals surface area contributed by atoms with Crippen LogP contribution in [0.25, 0.3) is 0 Å². The second-order valence-electron chi connectivity index (χ2n) is 9.13. The van der Waals surface area contributed by atoms with Gasteiger partial charge < -0.3 is 19.5 Å². The molecule has 0 heterocycles. The van der Waals surface area contributed by atoms with E-state index in [1.54, 1.807) is 7.11 Å². The molecule has 0 radical (unpaired) electrons. The molecule has 0 saturated carbocycles. The molecule has 5 nitrogen and oxygen atoms in total. The fraction of sp³-hybridized carbons (Fsp3) is 0.444. The minimum Gasteiger partial charge on any atom is -0.493 e. The van der Waals surface area contributed by atoms with Crippen LogP contribution in [0, 0.1) is 0 Å². The van der Waals surface area contributed by atoms with Crippen molar-refractivity contribution in [3.63, 3.8) is 0 Å². The SMILES string of the molecule is COc1ccc(CC(CC=C(C)C)NC(=O)OC(C)(C)C)cc1OCCc1ccccc1. The van der Waals surface area contributed by atoms with E-state index in [1.807, 2.05) is 57.2 Å². The fourth-order valence-corrected chi connectivity index (χ4v) is 3.21. The maximum Gasteiger partial charge on any atom is 0.407 e. The Morgan fingerprint density at radius 1 is 1.03 bits per heavy atom. The van der Waals surface area contributed by atoms with E-state index in [9.17, 15) is 4.79 Å². The molecule has 0 bridgehead atoms. The Morgan fingerprint density at radius 2 is 1.75 bits per heavy atom. The van der Waals surface area contributed by atoms with Gasteiger partial charge in [-0.05, 0) is 70.7 Å². The molecule has 32 heavy (non-hydrogen) atoms. The number of alkyl carbamates (subject to hydrolysis) is 1. The highest BCUT2D eigenvalue weighted by atomic mass is 16.6. The number of carbonyl (C=O) groups excluding carboxylic acids is 1. The van der Waals surface area contributed by atoms with E-state index in [0.29, 0.717) is 24.5 Å². The van der Waals surface area contributed by atoms with Gasteiger partial charge in [-0.25, -0.2) is 4.79 Å². The highest BCUT2D eigenvalue weighted by molar-refractivity contribution is 5.68. The number of ether oxygens (including phenoxy) is 3. The van der Waals surface area contributed by atoms with Gasteiger partial charge in [0, 0.05) is 12.5 Å². The van der Waals surface area contributed by atoms with Crippen LogP contribution < -0.4 is 14.8 Å². The fourth-order valence-electron chi connectivity index (χ4n) is 3.21. The number of carbonyl (C=O) groups is 1. The maximum absolute atomic E-state index is 12.3. The third kappa shape index (κ3) is 9.46. The van der Waals surface area contributed by atoms with Crippen molar-refractivity contribution < 1.29 is 19.0 Å². The summed E-state index contributed by atoms with van der Waals surface area (Å²) in [6.07, 6.45) is 3.91. The molecule has 0 fully saturated rings. The van der Waals surface area contributed by atoms with Crippen LogP contribution in [0.15, 0.2) is 60.2 Å². The second-order valence-corrected chi connectivity index (χ2v) is 9.13. The van der Waals surface area contributed by atoms with Gasteiger partial charge in [0.2, 0.25) is 0 Å². The van der Waals surface area contributed by atoms with Crippen molar-refractivity contribution >= 4 is 6.09 Å². The van der Waals surface area contributed by atoms with E-state index in [0.717, 1.165) is 18.4 Å². The Morgan fingerprint density at radius 3 is 2.38 bits per heavy atom. The monoisotopic (exact) mass is 439 g/mol. The Hall–Kier alpha value is -2.95. The second kappa shape index (κ2) is 12.2. The van der Waals surface area contributed by atoms with E-state index in [2.05, 4.69) is 37.4 Å². The largest absolute Gasteiger partial charge is 0.493 e. The summed E-state index contributed by atoms with van der Waals surface area (Å²) in [5, 5.41) is 3.01. The lowest BCUT2D eigenvalue weighted by molar-refractivity contribution is 0.0504. The molecule has 2 rings (SSSR count). The summed E-state index contributed by atoms with van der Waals surface area (Å²) in [4.78, 5) is 12.3. The number of hydrogen-bond donors (Lipinski definition) is 1. The van der Waals surface area contributed by atoms with Crippen LogP contribution in [-0.4, -0.2) is 31.5 Å². The molecule has 1 atom stereocenters. The molecule has 0 saturated heterocycles. The molecule has 0 spiro atoms. The van der Waals surface area contributed by atoms with Crippen molar-refractivity contribution in [2.24, 2.45) is 0 Å². The van der Waals surface area contributed by atoms with Gasteiger partial charge in [-0.2, -0.15) is 0 Å². The Kier molecular flexibility index (Phi) is 9.63. The average molecular weight is 440 g/mol. The lowest BCUT2D eigenvalue weighted by atomic mass is 10.0. The van der Waals surface area contributed by atoms with E-state index in [1.165, 1.54) is 11.1 Å². The van der Waals surface area contributed by atoms with Crippen LogP contribution in [0.4, 0.5) is 4.79 Å². The van der Waals surface area contributed by atoms with Gasteiger partial charge in [-0.1, -0.05) is 48.0 Å². The zero-order valence-electron chi connectivity index (χ0n) is 20.2.